The van der Waals surface area contributed by atoms with Crippen molar-refractivity contribution >= 4 is 30.0 Å². The Balaban J connectivity index is 2.75. The Morgan fingerprint density at radius 1 is 1.82 bits per heavy atom. The monoisotopic (exact) mass is 192 g/mol. The molecule has 11 heavy (non-hydrogen) atoms. The zero-order chi connectivity index (χ0) is 8.65. The first-order valence-corrected chi connectivity index (χ1v) is 4.08. The Kier molecular flexibility index (Phi) is 2.29. The van der Waals surface area contributed by atoms with E-state index in [-0.39, 0.29) is 6.29 Å². The quantitative estimate of drug-likeness (QED) is 0.300. The van der Waals surface area contributed by atoms with Crippen molar-refractivity contribution in [2.75, 3.05) is 7.05 Å². The molecule has 1 rings (SSSR count). The highest BCUT2D eigenvalue weighted by molar-refractivity contribution is 7.82. The molecule has 2 unspecified atom stereocenters. The molecule has 1 heterocycles. The van der Waals surface area contributed by atoms with Crippen LogP contribution in [0.2, 0.25) is 0 Å². The van der Waals surface area contributed by atoms with E-state index in [0.29, 0.717) is 5.11 Å². The van der Waals surface area contributed by atoms with Crippen LogP contribution in [0.25, 0.3) is 0 Å². The third-order valence-electron chi connectivity index (χ3n) is 1.73. The summed E-state index contributed by atoms with van der Waals surface area (Å²) in [6.45, 7) is 1.89. The van der Waals surface area contributed by atoms with E-state index < -0.39 is 4.99 Å². The molecule has 4 nitrogen and oxygen atoms in total. The Morgan fingerprint density at radius 3 is 2.82 bits per heavy atom. The smallest absolute Gasteiger partial charge is 0.170 e. The molecule has 0 aromatic heterocycles. The van der Waals surface area contributed by atoms with Gasteiger partial charge in [-0.1, -0.05) is 0 Å². The van der Waals surface area contributed by atoms with Crippen LogP contribution in [0.5, 0.6) is 0 Å². The second kappa shape index (κ2) is 2.78. The molecule has 0 radical (unpaired) electrons. The van der Waals surface area contributed by atoms with Crippen molar-refractivity contribution in [1.82, 2.24) is 15.5 Å². The molecule has 0 saturated carbocycles. The number of nitrogens with two attached hydrogens (primary N) is 1. The van der Waals surface area contributed by atoms with Crippen molar-refractivity contribution in [3.05, 3.63) is 0 Å². The van der Waals surface area contributed by atoms with Crippen LogP contribution >= 0.6 is 24.8 Å². The van der Waals surface area contributed by atoms with E-state index in [4.69, 9.17) is 18.0 Å². The Bertz CT molecular complexity index is 181. The van der Waals surface area contributed by atoms with Crippen LogP contribution in [0.4, 0.5) is 0 Å². The van der Waals surface area contributed by atoms with Crippen molar-refractivity contribution in [3.8, 4) is 0 Å². The largest absolute Gasteiger partial charge is 0.336 e. The van der Waals surface area contributed by atoms with Gasteiger partial charge >= 0.3 is 0 Å². The van der Waals surface area contributed by atoms with Crippen molar-refractivity contribution < 1.29 is 0 Å². The van der Waals surface area contributed by atoms with Crippen molar-refractivity contribution in [2.45, 2.75) is 18.2 Å². The molecule has 0 amide bonds. The van der Waals surface area contributed by atoms with Crippen LogP contribution in [0.1, 0.15) is 6.92 Å². The van der Waals surface area contributed by atoms with Crippen LogP contribution in [0.15, 0.2) is 0 Å². The summed E-state index contributed by atoms with van der Waals surface area (Å²) in [7, 11) is 1.86. The highest BCUT2D eigenvalue weighted by atomic mass is 32.1. The zero-order valence-corrected chi connectivity index (χ0v) is 8.17. The van der Waals surface area contributed by atoms with Gasteiger partial charge in [0.25, 0.3) is 0 Å². The van der Waals surface area contributed by atoms with Crippen molar-refractivity contribution in [1.29, 1.82) is 0 Å². The van der Waals surface area contributed by atoms with Gasteiger partial charge in [0.2, 0.25) is 0 Å². The second-order valence-electron chi connectivity index (χ2n) is 2.68. The average Bonchev–Trinajstić information content (AvgIpc) is 1.81. The number of hydrogen-bond donors (Lipinski definition) is 4. The number of hydrogen-bond acceptors (Lipinski definition) is 4. The molecule has 4 N–H and O–H groups in total. The van der Waals surface area contributed by atoms with E-state index in [1.165, 1.54) is 0 Å². The van der Waals surface area contributed by atoms with E-state index in [0.717, 1.165) is 0 Å². The molecule has 2 atom stereocenters. The fourth-order valence-corrected chi connectivity index (χ4v) is 1.47. The maximum Gasteiger partial charge on any atom is 0.170 e. The summed E-state index contributed by atoms with van der Waals surface area (Å²) in [5.41, 5.74) is 5.68. The first-order valence-electron chi connectivity index (χ1n) is 3.23. The third kappa shape index (κ3) is 1.76. The van der Waals surface area contributed by atoms with E-state index in [9.17, 15) is 0 Å². The zero-order valence-electron chi connectivity index (χ0n) is 6.46. The molecule has 6 heteroatoms. The molecule has 1 aliphatic heterocycles. The number of nitrogens with zero attached hydrogens (tertiary/aromatic N) is 1. The van der Waals surface area contributed by atoms with E-state index in [1.807, 2.05) is 18.9 Å². The fourth-order valence-electron chi connectivity index (χ4n) is 0.841. The van der Waals surface area contributed by atoms with Crippen molar-refractivity contribution in [3.63, 3.8) is 0 Å². The van der Waals surface area contributed by atoms with Crippen LogP contribution < -0.4 is 16.4 Å². The van der Waals surface area contributed by atoms with Crippen LogP contribution in [-0.4, -0.2) is 28.3 Å². The number of rotatable bonds is 0. The molecule has 1 saturated heterocycles. The van der Waals surface area contributed by atoms with E-state index in [1.54, 1.807) is 0 Å². The Hall–Kier alpha value is -0.0400. The molecular weight excluding hydrogens is 180 g/mol. The van der Waals surface area contributed by atoms with Gasteiger partial charge in [0.1, 0.15) is 11.3 Å². The Morgan fingerprint density at radius 2 is 2.36 bits per heavy atom. The lowest BCUT2D eigenvalue weighted by molar-refractivity contribution is 0.120. The lowest BCUT2D eigenvalue weighted by Crippen LogP contribution is -2.71. The maximum absolute atomic E-state index is 5.68. The molecule has 0 aliphatic carbocycles. The van der Waals surface area contributed by atoms with Gasteiger partial charge in [-0.05, 0) is 26.2 Å². The van der Waals surface area contributed by atoms with Gasteiger partial charge in [-0.25, -0.2) is 4.90 Å². The SMILES string of the molecule is CN1C(N)NC(=S)NC1(C)S. The predicted octanol–water partition coefficient (Wildman–Crippen LogP) is -0.758. The summed E-state index contributed by atoms with van der Waals surface area (Å²) < 4.78 is 0. The minimum absolute atomic E-state index is 0.272. The summed E-state index contributed by atoms with van der Waals surface area (Å²) in [5.74, 6) is 0. The molecule has 0 aromatic rings. The predicted molar refractivity (Wildman–Crippen MR) is 52.0 cm³/mol. The average molecular weight is 192 g/mol. The molecule has 1 fully saturated rings. The Labute approximate surface area is 76.9 Å². The topological polar surface area (TPSA) is 53.3 Å². The van der Waals surface area contributed by atoms with Gasteiger partial charge in [-0.3, -0.25) is 5.73 Å². The van der Waals surface area contributed by atoms with Crippen LogP contribution in [-0.2, 0) is 0 Å². The number of thiocarbonyl (C=S) groups is 1. The van der Waals surface area contributed by atoms with Gasteiger partial charge in [0.15, 0.2) is 5.11 Å². The molecule has 1 aliphatic rings. The lowest BCUT2D eigenvalue weighted by atomic mass is 10.4. The van der Waals surface area contributed by atoms with Gasteiger partial charge in [-0.15, -0.1) is 12.6 Å². The first kappa shape index (κ1) is 9.05. The summed E-state index contributed by atoms with van der Waals surface area (Å²) in [4.78, 5) is 1.37. The normalized spacial score (nSPS) is 39.6. The summed E-state index contributed by atoms with van der Waals surface area (Å²) in [5, 5.41) is 6.36. The van der Waals surface area contributed by atoms with E-state index in [2.05, 4.69) is 23.3 Å². The molecule has 64 valence electrons. The molecule has 0 bridgehead atoms. The second-order valence-corrected chi connectivity index (χ2v) is 3.95. The summed E-state index contributed by atoms with van der Waals surface area (Å²) in [6.07, 6.45) is -0.272. The minimum atomic E-state index is -0.470. The molecular formula is C5H12N4S2. The lowest BCUT2D eigenvalue weighted by Gasteiger charge is -2.44. The number of thiol groups is 1. The van der Waals surface area contributed by atoms with Gasteiger partial charge < -0.3 is 10.6 Å². The molecule has 0 aromatic carbocycles. The van der Waals surface area contributed by atoms with Crippen LogP contribution in [0.3, 0.4) is 0 Å². The third-order valence-corrected chi connectivity index (χ3v) is 2.38. The highest BCUT2D eigenvalue weighted by Crippen LogP contribution is 2.17. The van der Waals surface area contributed by atoms with Gasteiger partial charge in [-0.2, -0.15) is 0 Å². The molecule has 0 spiro atoms. The summed E-state index contributed by atoms with van der Waals surface area (Å²) >= 11 is 9.25. The first-order chi connectivity index (χ1) is 4.93. The number of nitrogens with one attached hydrogen (secondary N) is 2. The van der Waals surface area contributed by atoms with Gasteiger partial charge in [0.05, 0.1) is 0 Å². The standard InChI is InChI=1S/C5H12N4S2/c1-5(11)8-4(10)7-3(6)9(5)2/h3,11H,6H2,1-2H3,(H2,7,8,10). The summed E-state index contributed by atoms with van der Waals surface area (Å²) in [6, 6.07) is 0. The minimum Gasteiger partial charge on any atom is -0.336 e. The fraction of sp³-hybridized carbons (Fsp3) is 0.800. The van der Waals surface area contributed by atoms with Crippen LogP contribution in [0, 0.1) is 0 Å². The maximum atomic E-state index is 5.68. The highest BCUT2D eigenvalue weighted by Gasteiger charge is 2.33. The van der Waals surface area contributed by atoms with Crippen molar-refractivity contribution in [2.24, 2.45) is 5.73 Å². The van der Waals surface area contributed by atoms with Gasteiger partial charge in [0, 0.05) is 0 Å². The van der Waals surface area contributed by atoms with E-state index >= 15 is 0 Å².